The van der Waals surface area contributed by atoms with Crippen molar-refractivity contribution in [3.8, 4) is 0 Å². The molecule has 0 saturated heterocycles. The van der Waals surface area contributed by atoms with Gasteiger partial charge in [0, 0.05) is 13.6 Å². The van der Waals surface area contributed by atoms with Gasteiger partial charge in [-0.1, -0.05) is 0 Å². The van der Waals surface area contributed by atoms with Crippen LogP contribution in [0.4, 0.5) is 4.79 Å². The Bertz CT molecular complexity index is 422. The molecule has 2 heterocycles. The molecule has 6 nitrogen and oxygen atoms in total. The van der Waals surface area contributed by atoms with Gasteiger partial charge in [-0.25, -0.2) is 9.78 Å². The van der Waals surface area contributed by atoms with Gasteiger partial charge in [-0.15, -0.1) is 0 Å². The Morgan fingerprint density at radius 2 is 2.33 bits per heavy atom. The van der Waals surface area contributed by atoms with Gasteiger partial charge in [-0.2, -0.15) is 4.99 Å². The first-order valence-corrected chi connectivity index (χ1v) is 4.76. The molecule has 1 aromatic rings. The average molecular weight is 207 g/mol. The topological polar surface area (TPSA) is 76.5 Å². The Morgan fingerprint density at radius 1 is 1.60 bits per heavy atom. The summed E-state index contributed by atoms with van der Waals surface area (Å²) in [5, 5.41) is 0. The molecule has 1 aliphatic rings. The minimum atomic E-state index is -0.277. The molecule has 1 unspecified atom stereocenters. The van der Waals surface area contributed by atoms with Crippen LogP contribution in [-0.4, -0.2) is 32.9 Å². The van der Waals surface area contributed by atoms with Crippen molar-refractivity contribution in [1.82, 2.24) is 14.5 Å². The molecule has 0 fully saturated rings. The lowest BCUT2D eigenvalue weighted by molar-refractivity contribution is 0.208. The summed E-state index contributed by atoms with van der Waals surface area (Å²) in [4.78, 5) is 20.8. The number of rotatable bonds is 2. The number of aliphatic imine (C=N–C) groups is 1. The number of likely N-dealkylation sites (N-methyl/N-ethyl adjacent to an activating group) is 1. The van der Waals surface area contributed by atoms with Gasteiger partial charge in [0.05, 0.1) is 18.2 Å². The van der Waals surface area contributed by atoms with E-state index in [2.05, 4.69) is 9.98 Å². The summed E-state index contributed by atoms with van der Waals surface area (Å²) < 4.78 is 1.84. The fraction of sp³-hybridized carbons (Fsp3) is 0.444. The first kappa shape index (κ1) is 9.70. The van der Waals surface area contributed by atoms with E-state index < -0.39 is 0 Å². The number of hydrogen-bond acceptors (Lipinski definition) is 3. The van der Waals surface area contributed by atoms with Crippen LogP contribution in [0.5, 0.6) is 0 Å². The summed E-state index contributed by atoms with van der Waals surface area (Å²) in [6.45, 7) is 2.48. The van der Waals surface area contributed by atoms with Crippen molar-refractivity contribution in [2.45, 2.75) is 13.0 Å². The highest BCUT2D eigenvalue weighted by Crippen LogP contribution is 2.25. The quantitative estimate of drug-likeness (QED) is 0.756. The zero-order valence-corrected chi connectivity index (χ0v) is 8.71. The molecule has 0 saturated carbocycles. The van der Waals surface area contributed by atoms with Crippen LogP contribution in [0.1, 0.15) is 18.7 Å². The van der Waals surface area contributed by atoms with E-state index in [0.29, 0.717) is 12.4 Å². The minimum absolute atomic E-state index is 0.269. The van der Waals surface area contributed by atoms with Crippen molar-refractivity contribution in [3.63, 3.8) is 0 Å². The lowest BCUT2D eigenvalue weighted by Crippen LogP contribution is -2.34. The summed E-state index contributed by atoms with van der Waals surface area (Å²) >= 11 is 0. The van der Waals surface area contributed by atoms with Crippen molar-refractivity contribution in [2.75, 3.05) is 6.54 Å². The van der Waals surface area contributed by atoms with Crippen molar-refractivity contribution in [2.24, 2.45) is 17.8 Å². The third kappa shape index (κ3) is 1.38. The van der Waals surface area contributed by atoms with Gasteiger partial charge in [0.25, 0.3) is 0 Å². The van der Waals surface area contributed by atoms with E-state index in [1.54, 1.807) is 17.4 Å². The number of nitrogens with two attached hydrogens (primary N) is 1. The van der Waals surface area contributed by atoms with Gasteiger partial charge in [0.2, 0.25) is 0 Å². The molecular formula is C9H13N5O. The molecule has 0 spiro atoms. The van der Waals surface area contributed by atoms with Crippen molar-refractivity contribution >= 4 is 11.9 Å². The second kappa shape index (κ2) is 3.38. The van der Waals surface area contributed by atoms with Crippen LogP contribution in [0, 0.1) is 0 Å². The van der Waals surface area contributed by atoms with Crippen LogP contribution in [-0.2, 0) is 7.05 Å². The van der Waals surface area contributed by atoms with Crippen molar-refractivity contribution in [1.29, 1.82) is 0 Å². The molecule has 1 atom stereocenters. The standard InChI is InChI=1S/C9H13N5O/c1-3-14-7(8(10)12-9(14)15)6-4-11-5-13(6)2/h4-5,7H,3H2,1-2H3,(H2,10,12,15). The molecule has 2 amide bonds. The van der Waals surface area contributed by atoms with Gasteiger partial charge in [-0.05, 0) is 6.92 Å². The molecule has 0 bridgehead atoms. The van der Waals surface area contributed by atoms with Gasteiger partial charge >= 0.3 is 6.03 Å². The molecule has 0 aliphatic carbocycles. The summed E-state index contributed by atoms with van der Waals surface area (Å²) in [6.07, 6.45) is 3.38. The molecule has 0 radical (unpaired) electrons. The van der Waals surface area contributed by atoms with Crippen LogP contribution in [0.3, 0.4) is 0 Å². The number of imidazole rings is 1. The van der Waals surface area contributed by atoms with Gasteiger partial charge in [0.1, 0.15) is 11.9 Å². The Morgan fingerprint density at radius 3 is 2.87 bits per heavy atom. The zero-order chi connectivity index (χ0) is 11.0. The number of aromatic nitrogens is 2. The highest BCUT2D eigenvalue weighted by atomic mass is 16.2. The van der Waals surface area contributed by atoms with Crippen LogP contribution >= 0.6 is 0 Å². The van der Waals surface area contributed by atoms with E-state index in [1.165, 1.54) is 0 Å². The summed E-state index contributed by atoms with van der Waals surface area (Å²) in [5.74, 6) is 0.338. The predicted molar refractivity (Wildman–Crippen MR) is 55.3 cm³/mol. The van der Waals surface area contributed by atoms with Gasteiger partial charge < -0.3 is 15.2 Å². The van der Waals surface area contributed by atoms with E-state index in [-0.39, 0.29) is 12.1 Å². The fourth-order valence-corrected chi connectivity index (χ4v) is 1.77. The minimum Gasteiger partial charge on any atom is -0.385 e. The average Bonchev–Trinajstić information content (AvgIpc) is 2.70. The smallest absolute Gasteiger partial charge is 0.346 e. The second-order valence-electron chi connectivity index (χ2n) is 3.44. The summed E-state index contributed by atoms with van der Waals surface area (Å²) in [6, 6.07) is -0.545. The monoisotopic (exact) mass is 207 g/mol. The Labute approximate surface area is 87.4 Å². The van der Waals surface area contributed by atoms with Crippen molar-refractivity contribution < 1.29 is 4.79 Å². The van der Waals surface area contributed by atoms with Crippen LogP contribution < -0.4 is 5.73 Å². The van der Waals surface area contributed by atoms with E-state index in [4.69, 9.17) is 5.73 Å². The third-order valence-electron chi connectivity index (χ3n) is 2.54. The lowest BCUT2D eigenvalue weighted by Gasteiger charge is -2.22. The zero-order valence-electron chi connectivity index (χ0n) is 8.71. The molecule has 80 valence electrons. The largest absolute Gasteiger partial charge is 0.385 e. The third-order valence-corrected chi connectivity index (χ3v) is 2.54. The van der Waals surface area contributed by atoms with Gasteiger partial charge in [0.15, 0.2) is 0 Å². The number of carbonyl (C=O) groups excluding carboxylic acids is 1. The van der Waals surface area contributed by atoms with Crippen LogP contribution in [0.2, 0.25) is 0 Å². The molecule has 15 heavy (non-hydrogen) atoms. The Hall–Kier alpha value is -1.85. The van der Waals surface area contributed by atoms with E-state index in [1.807, 2.05) is 18.5 Å². The fourth-order valence-electron chi connectivity index (χ4n) is 1.77. The number of hydrogen-bond donors (Lipinski definition) is 1. The molecule has 0 aromatic carbocycles. The maximum atomic E-state index is 11.5. The number of urea groups is 1. The normalized spacial score (nSPS) is 20.9. The first-order valence-electron chi connectivity index (χ1n) is 4.76. The van der Waals surface area contributed by atoms with E-state index >= 15 is 0 Å². The number of aryl methyl sites for hydroxylation is 1. The number of amidine groups is 1. The SMILES string of the molecule is CCN1C(=O)N=C(N)C1c1cncn1C. The molecule has 2 rings (SSSR count). The Kier molecular flexibility index (Phi) is 2.18. The van der Waals surface area contributed by atoms with Crippen molar-refractivity contribution in [3.05, 3.63) is 18.2 Å². The molecular weight excluding hydrogens is 194 g/mol. The first-order chi connectivity index (χ1) is 7.15. The molecule has 2 N–H and O–H groups in total. The number of carbonyl (C=O) groups is 1. The summed E-state index contributed by atoms with van der Waals surface area (Å²) in [7, 11) is 1.87. The van der Waals surface area contributed by atoms with Crippen LogP contribution in [0.25, 0.3) is 0 Å². The molecule has 6 heteroatoms. The maximum Gasteiger partial charge on any atom is 0.346 e. The van der Waals surface area contributed by atoms with E-state index in [9.17, 15) is 4.79 Å². The summed E-state index contributed by atoms with van der Waals surface area (Å²) in [5.41, 5.74) is 6.62. The van der Waals surface area contributed by atoms with Crippen LogP contribution in [0.15, 0.2) is 17.5 Å². The second-order valence-corrected chi connectivity index (χ2v) is 3.44. The highest BCUT2D eigenvalue weighted by Gasteiger charge is 2.34. The predicted octanol–water partition coefficient (Wildman–Crippen LogP) is 0.274. The molecule has 1 aromatic heterocycles. The Balaban J connectivity index is 2.40. The number of amides is 2. The lowest BCUT2D eigenvalue weighted by atomic mass is 10.2. The number of nitrogens with zero attached hydrogens (tertiary/aromatic N) is 4. The molecule has 1 aliphatic heterocycles. The van der Waals surface area contributed by atoms with Gasteiger partial charge in [-0.3, -0.25) is 0 Å². The highest BCUT2D eigenvalue weighted by molar-refractivity contribution is 6.03. The maximum absolute atomic E-state index is 11.5. The van der Waals surface area contributed by atoms with E-state index in [0.717, 1.165) is 5.69 Å².